The first-order valence-electron chi connectivity index (χ1n) is 7.74. The Bertz CT molecular complexity index is 972. The molecule has 1 saturated heterocycles. The summed E-state index contributed by atoms with van der Waals surface area (Å²) in [6, 6.07) is 7.92. The number of fused-ring (bicyclic) bond motifs is 1. The highest BCUT2D eigenvalue weighted by Gasteiger charge is 2.25. The first-order valence-corrected chi connectivity index (χ1v) is 9.44. The van der Waals surface area contributed by atoms with E-state index in [4.69, 9.17) is 0 Å². The van der Waals surface area contributed by atoms with Gasteiger partial charge < -0.3 is 4.90 Å². The zero-order valence-electron chi connectivity index (χ0n) is 13.1. The number of likely N-dealkylation sites (tertiary alicyclic amines) is 1. The molecule has 1 aliphatic rings. The first-order chi connectivity index (χ1) is 11.6. The maximum absolute atomic E-state index is 13.3. The zero-order chi connectivity index (χ0) is 16.7. The summed E-state index contributed by atoms with van der Waals surface area (Å²) in [5.41, 5.74) is 0.974. The van der Waals surface area contributed by atoms with Crippen LogP contribution in [0.3, 0.4) is 0 Å². The number of urea groups is 1. The summed E-state index contributed by atoms with van der Waals surface area (Å²) in [4.78, 5) is 19.7. The first kappa shape index (κ1) is 15.5. The Morgan fingerprint density at radius 1 is 1.38 bits per heavy atom. The molecule has 124 valence electrons. The number of nitrogens with zero attached hydrogens (tertiary/aromatic N) is 3. The van der Waals surface area contributed by atoms with Gasteiger partial charge in [-0.1, -0.05) is 0 Å². The predicted molar refractivity (Wildman–Crippen MR) is 95.8 cm³/mol. The highest BCUT2D eigenvalue weighted by molar-refractivity contribution is 7.17. The standard InChI is InChI=1S/C17H16FN3OS2/c1-11-9-21(14-2-3-15-12(8-14)5-7-23-15)17(24-11)19-16(22)20-6-4-13(18)10-20/h2-3,5,7-9,13H,4,6,10H2,1H3/b19-17-. The normalized spacial score (nSPS) is 18.7. The van der Waals surface area contributed by atoms with Crippen molar-refractivity contribution in [3.63, 3.8) is 0 Å². The van der Waals surface area contributed by atoms with Crippen molar-refractivity contribution >= 4 is 38.8 Å². The summed E-state index contributed by atoms with van der Waals surface area (Å²) in [6.07, 6.45) is 1.45. The van der Waals surface area contributed by atoms with E-state index in [0.717, 1.165) is 10.6 Å². The van der Waals surface area contributed by atoms with E-state index in [1.165, 1.54) is 26.3 Å². The van der Waals surface area contributed by atoms with Gasteiger partial charge in [-0.2, -0.15) is 4.99 Å². The van der Waals surface area contributed by atoms with Crippen LogP contribution in [0.4, 0.5) is 9.18 Å². The molecule has 4 rings (SSSR count). The molecule has 1 fully saturated rings. The average molecular weight is 361 g/mol. The number of aromatic nitrogens is 1. The van der Waals surface area contributed by atoms with E-state index < -0.39 is 6.17 Å². The fourth-order valence-corrected chi connectivity index (χ4v) is 4.46. The maximum Gasteiger partial charge on any atom is 0.346 e. The Morgan fingerprint density at radius 3 is 3.04 bits per heavy atom. The third kappa shape index (κ3) is 2.89. The molecule has 7 heteroatoms. The lowest BCUT2D eigenvalue weighted by Crippen LogP contribution is -2.28. The van der Waals surface area contributed by atoms with Crippen LogP contribution in [0.25, 0.3) is 15.8 Å². The number of aryl methyl sites for hydroxylation is 1. The molecular weight excluding hydrogens is 345 g/mol. The van der Waals surface area contributed by atoms with Crippen molar-refractivity contribution in [1.29, 1.82) is 0 Å². The van der Waals surface area contributed by atoms with Crippen LogP contribution in [0.1, 0.15) is 11.3 Å². The van der Waals surface area contributed by atoms with Crippen LogP contribution in [0.5, 0.6) is 0 Å². The minimum absolute atomic E-state index is 0.146. The number of benzene rings is 1. The topological polar surface area (TPSA) is 37.6 Å². The van der Waals surface area contributed by atoms with Crippen LogP contribution in [0.2, 0.25) is 0 Å². The van der Waals surface area contributed by atoms with Crippen molar-refractivity contribution in [3.05, 3.63) is 45.5 Å². The van der Waals surface area contributed by atoms with Gasteiger partial charge in [-0.3, -0.25) is 4.57 Å². The van der Waals surface area contributed by atoms with Gasteiger partial charge in [0.2, 0.25) is 0 Å². The van der Waals surface area contributed by atoms with Crippen molar-refractivity contribution in [1.82, 2.24) is 9.47 Å². The fourth-order valence-electron chi connectivity index (χ4n) is 2.87. The van der Waals surface area contributed by atoms with Crippen molar-refractivity contribution < 1.29 is 9.18 Å². The van der Waals surface area contributed by atoms with Gasteiger partial charge in [0.1, 0.15) is 6.17 Å². The van der Waals surface area contributed by atoms with Crippen molar-refractivity contribution in [2.75, 3.05) is 13.1 Å². The van der Waals surface area contributed by atoms with E-state index in [0.29, 0.717) is 17.8 Å². The molecule has 0 bridgehead atoms. The molecule has 1 atom stereocenters. The van der Waals surface area contributed by atoms with Gasteiger partial charge in [-0.05, 0) is 48.4 Å². The molecule has 1 aliphatic heterocycles. The number of thiophene rings is 1. The van der Waals surface area contributed by atoms with Gasteiger partial charge in [0.25, 0.3) is 0 Å². The van der Waals surface area contributed by atoms with Gasteiger partial charge in [0, 0.05) is 28.0 Å². The summed E-state index contributed by atoms with van der Waals surface area (Å²) in [5.74, 6) is 0. The summed E-state index contributed by atoms with van der Waals surface area (Å²) in [5, 5.41) is 3.24. The number of amides is 2. The van der Waals surface area contributed by atoms with Crippen molar-refractivity contribution in [2.24, 2.45) is 4.99 Å². The SMILES string of the molecule is Cc1cn(-c2ccc3sccc3c2)/c(=N/C(=O)N2CCC(F)C2)s1. The Kier molecular flexibility index (Phi) is 3.97. The number of hydrogen-bond acceptors (Lipinski definition) is 3. The van der Waals surface area contributed by atoms with E-state index in [1.807, 2.05) is 23.8 Å². The number of thiazole rings is 1. The lowest BCUT2D eigenvalue weighted by Gasteiger charge is -2.10. The summed E-state index contributed by atoms with van der Waals surface area (Å²) in [7, 11) is 0. The number of hydrogen-bond donors (Lipinski definition) is 0. The molecule has 0 aliphatic carbocycles. The number of alkyl halides is 1. The zero-order valence-corrected chi connectivity index (χ0v) is 14.7. The summed E-state index contributed by atoms with van der Waals surface area (Å²) in [6.45, 7) is 2.57. The molecule has 1 unspecified atom stereocenters. The molecule has 4 nitrogen and oxygen atoms in total. The minimum Gasteiger partial charge on any atom is -0.320 e. The van der Waals surface area contributed by atoms with E-state index in [2.05, 4.69) is 28.6 Å². The van der Waals surface area contributed by atoms with E-state index in [1.54, 1.807) is 11.3 Å². The highest BCUT2D eigenvalue weighted by atomic mass is 32.1. The third-order valence-electron chi connectivity index (χ3n) is 4.08. The van der Waals surface area contributed by atoms with Gasteiger partial charge in [0.15, 0.2) is 4.80 Å². The van der Waals surface area contributed by atoms with Gasteiger partial charge in [0.05, 0.1) is 6.54 Å². The number of carbonyl (C=O) groups is 1. The van der Waals surface area contributed by atoms with Crippen molar-refractivity contribution in [2.45, 2.75) is 19.5 Å². The predicted octanol–water partition coefficient (Wildman–Crippen LogP) is 4.13. The van der Waals surface area contributed by atoms with Crippen LogP contribution in [-0.4, -0.2) is 34.8 Å². The molecule has 3 aromatic rings. The Labute approximate surface area is 146 Å². The molecule has 0 saturated carbocycles. The van der Waals surface area contributed by atoms with Gasteiger partial charge >= 0.3 is 6.03 Å². The third-order valence-corrected chi connectivity index (χ3v) is 5.87. The van der Waals surface area contributed by atoms with Gasteiger partial charge in [-0.15, -0.1) is 22.7 Å². The second kappa shape index (κ2) is 6.14. The van der Waals surface area contributed by atoms with Crippen molar-refractivity contribution in [3.8, 4) is 5.69 Å². The molecule has 3 heterocycles. The van der Waals surface area contributed by atoms with E-state index >= 15 is 0 Å². The molecule has 2 amide bonds. The van der Waals surface area contributed by atoms with E-state index in [-0.39, 0.29) is 12.6 Å². The molecular formula is C17H16FN3OS2. The Balaban J connectivity index is 1.74. The smallest absolute Gasteiger partial charge is 0.320 e. The lowest BCUT2D eigenvalue weighted by atomic mass is 10.2. The lowest BCUT2D eigenvalue weighted by molar-refractivity contribution is 0.213. The largest absolute Gasteiger partial charge is 0.346 e. The fraction of sp³-hybridized carbons (Fsp3) is 0.294. The Hall–Kier alpha value is -1.99. The number of carbonyl (C=O) groups excluding carboxylic acids is 1. The second-order valence-corrected chi connectivity index (χ2v) is 8.02. The quantitative estimate of drug-likeness (QED) is 0.642. The summed E-state index contributed by atoms with van der Waals surface area (Å²) >= 11 is 3.16. The number of halogens is 1. The second-order valence-electron chi connectivity index (χ2n) is 5.86. The highest BCUT2D eigenvalue weighted by Crippen LogP contribution is 2.23. The van der Waals surface area contributed by atoms with Crippen LogP contribution < -0.4 is 4.80 Å². The molecule has 2 aromatic heterocycles. The van der Waals surface area contributed by atoms with Crippen LogP contribution >= 0.6 is 22.7 Å². The molecule has 0 N–H and O–H groups in total. The number of rotatable bonds is 1. The van der Waals surface area contributed by atoms with Gasteiger partial charge in [-0.25, -0.2) is 9.18 Å². The van der Waals surface area contributed by atoms with E-state index in [9.17, 15) is 9.18 Å². The minimum atomic E-state index is -0.928. The molecule has 0 radical (unpaired) electrons. The molecule has 24 heavy (non-hydrogen) atoms. The van der Waals surface area contributed by atoms with Crippen LogP contribution in [-0.2, 0) is 0 Å². The molecule has 1 aromatic carbocycles. The Morgan fingerprint density at radius 2 is 2.25 bits per heavy atom. The average Bonchev–Trinajstić information content (AvgIpc) is 3.26. The monoisotopic (exact) mass is 361 g/mol. The molecule has 0 spiro atoms. The maximum atomic E-state index is 13.3. The van der Waals surface area contributed by atoms with Crippen LogP contribution in [0.15, 0.2) is 40.8 Å². The van der Waals surface area contributed by atoms with Crippen LogP contribution in [0, 0.1) is 6.92 Å². The summed E-state index contributed by atoms with van der Waals surface area (Å²) < 4.78 is 16.5.